The van der Waals surface area contributed by atoms with Crippen molar-refractivity contribution >= 4 is 6.09 Å². The van der Waals surface area contributed by atoms with Crippen LogP contribution in [0.1, 0.15) is 32.3 Å². The molecule has 18 heavy (non-hydrogen) atoms. The van der Waals surface area contributed by atoms with Crippen molar-refractivity contribution in [3.05, 3.63) is 35.9 Å². The maximum atomic E-state index is 12.1. The molecular weight excluding hydrogens is 233 g/mol. The number of carbonyl (C=O) groups excluding carboxylic acids is 1. The van der Waals surface area contributed by atoms with Crippen LogP contribution in [0.4, 0.5) is 9.18 Å². The van der Waals surface area contributed by atoms with Gasteiger partial charge in [0.1, 0.15) is 6.61 Å². The summed E-state index contributed by atoms with van der Waals surface area (Å²) in [5, 5.41) is 2.73. The number of nitrogens with one attached hydrogen (secondary N) is 1. The number of halogens is 1. The standard InChI is InChI=1S/C14H20FNO2/c1-14(2,9-6-10-15)16-13(17)18-11-12-7-4-3-5-8-12/h3-5,7-8H,6,9-11H2,1-2H3,(H,16,17). The summed E-state index contributed by atoms with van der Waals surface area (Å²) in [5.74, 6) is 0. The van der Waals surface area contributed by atoms with E-state index in [9.17, 15) is 9.18 Å². The molecule has 100 valence electrons. The van der Waals surface area contributed by atoms with Crippen LogP contribution in [-0.2, 0) is 11.3 Å². The van der Waals surface area contributed by atoms with E-state index in [1.165, 1.54) is 0 Å². The molecule has 1 rings (SSSR count). The molecule has 0 spiro atoms. The molecule has 0 saturated carbocycles. The number of ether oxygens (including phenoxy) is 1. The van der Waals surface area contributed by atoms with E-state index in [1.807, 2.05) is 44.2 Å². The number of hydrogen-bond donors (Lipinski definition) is 1. The van der Waals surface area contributed by atoms with Crippen LogP contribution in [0.5, 0.6) is 0 Å². The summed E-state index contributed by atoms with van der Waals surface area (Å²) < 4.78 is 17.2. The maximum absolute atomic E-state index is 12.1. The van der Waals surface area contributed by atoms with E-state index in [1.54, 1.807) is 0 Å². The zero-order valence-corrected chi connectivity index (χ0v) is 10.9. The smallest absolute Gasteiger partial charge is 0.407 e. The zero-order chi connectivity index (χ0) is 13.4. The number of benzene rings is 1. The molecule has 4 heteroatoms. The van der Waals surface area contributed by atoms with Crippen LogP contribution >= 0.6 is 0 Å². The van der Waals surface area contributed by atoms with Gasteiger partial charge >= 0.3 is 6.09 Å². The predicted molar refractivity (Wildman–Crippen MR) is 69.1 cm³/mol. The van der Waals surface area contributed by atoms with Crippen molar-refractivity contribution in [2.75, 3.05) is 6.67 Å². The number of amides is 1. The van der Waals surface area contributed by atoms with Crippen molar-refractivity contribution < 1.29 is 13.9 Å². The van der Waals surface area contributed by atoms with Crippen molar-refractivity contribution in [1.82, 2.24) is 5.32 Å². The lowest BCUT2D eigenvalue weighted by Crippen LogP contribution is -2.43. The summed E-state index contributed by atoms with van der Waals surface area (Å²) in [7, 11) is 0. The van der Waals surface area contributed by atoms with Crippen LogP contribution in [0.3, 0.4) is 0 Å². The fourth-order valence-corrected chi connectivity index (χ4v) is 1.61. The molecule has 0 saturated heterocycles. The fourth-order valence-electron chi connectivity index (χ4n) is 1.61. The van der Waals surface area contributed by atoms with Gasteiger partial charge in [-0.3, -0.25) is 4.39 Å². The van der Waals surface area contributed by atoms with Crippen molar-refractivity contribution in [3.63, 3.8) is 0 Å². The number of alkyl carbamates (subject to hydrolysis) is 1. The molecule has 0 fully saturated rings. The van der Waals surface area contributed by atoms with E-state index in [0.29, 0.717) is 12.8 Å². The van der Waals surface area contributed by atoms with Gasteiger partial charge in [-0.2, -0.15) is 0 Å². The largest absolute Gasteiger partial charge is 0.445 e. The summed E-state index contributed by atoms with van der Waals surface area (Å²) in [4.78, 5) is 11.6. The first-order valence-corrected chi connectivity index (χ1v) is 6.08. The summed E-state index contributed by atoms with van der Waals surface area (Å²) in [5.41, 5.74) is 0.495. The molecule has 0 atom stereocenters. The number of hydrogen-bond acceptors (Lipinski definition) is 2. The molecule has 0 aliphatic carbocycles. The van der Waals surface area contributed by atoms with Crippen molar-refractivity contribution in [1.29, 1.82) is 0 Å². The summed E-state index contributed by atoms with van der Waals surface area (Å²) >= 11 is 0. The van der Waals surface area contributed by atoms with Gasteiger partial charge in [-0.15, -0.1) is 0 Å². The molecule has 3 nitrogen and oxygen atoms in total. The molecule has 1 aromatic rings. The maximum Gasteiger partial charge on any atom is 0.407 e. The van der Waals surface area contributed by atoms with E-state index < -0.39 is 11.6 Å². The molecular formula is C14H20FNO2. The normalized spacial score (nSPS) is 11.1. The number of rotatable bonds is 6. The van der Waals surface area contributed by atoms with Crippen molar-refractivity contribution in [3.8, 4) is 0 Å². The van der Waals surface area contributed by atoms with Crippen LogP contribution in [0, 0.1) is 0 Å². The highest BCUT2D eigenvalue weighted by atomic mass is 19.1. The molecule has 0 unspecified atom stereocenters. The molecule has 0 heterocycles. The Hall–Kier alpha value is -1.58. The Morgan fingerprint density at radius 2 is 2.00 bits per heavy atom. The molecule has 0 aliphatic rings. The second-order valence-corrected chi connectivity index (χ2v) is 4.86. The highest BCUT2D eigenvalue weighted by Crippen LogP contribution is 2.12. The minimum absolute atomic E-state index is 0.242. The fraction of sp³-hybridized carbons (Fsp3) is 0.500. The van der Waals surface area contributed by atoms with Crippen LogP contribution in [-0.4, -0.2) is 18.3 Å². The van der Waals surface area contributed by atoms with E-state index in [4.69, 9.17) is 4.74 Å². The second-order valence-electron chi connectivity index (χ2n) is 4.86. The summed E-state index contributed by atoms with van der Waals surface area (Å²) in [6.45, 7) is 3.58. The highest BCUT2D eigenvalue weighted by molar-refractivity contribution is 5.68. The van der Waals surface area contributed by atoms with Gasteiger partial charge in [0.15, 0.2) is 0 Å². The van der Waals surface area contributed by atoms with Crippen LogP contribution in [0.25, 0.3) is 0 Å². The Morgan fingerprint density at radius 1 is 1.33 bits per heavy atom. The first-order chi connectivity index (χ1) is 8.53. The Balaban J connectivity index is 2.33. The van der Waals surface area contributed by atoms with Crippen molar-refractivity contribution in [2.45, 2.75) is 38.8 Å². The Labute approximate surface area is 107 Å². The van der Waals surface area contributed by atoms with E-state index in [2.05, 4.69) is 5.32 Å². The third kappa shape index (κ3) is 5.66. The lowest BCUT2D eigenvalue weighted by Gasteiger charge is -2.25. The topological polar surface area (TPSA) is 38.3 Å². The van der Waals surface area contributed by atoms with Gasteiger partial charge in [0, 0.05) is 5.54 Å². The molecule has 1 N–H and O–H groups in total. The molecule has 1 aromatic carbocycles. The van der Waals surface area contributed by atoms with Gasteiger partial charge < -0.3 is 10.1 Å². The van der Waals surface area contributed by atoms with Gasteiger partial charge in [-0.1, -0.05) is 30.3 Å². The van der Waals surface area contributed by atoms with Crippen LogP contribution < -0.4 is 5.32 Å². The van der Waals surface area contributed by atoms with Crippen LogP contribution in [0.15, 0.2) is 30.3 Å². The molecule has 1 amide bonds. The third-order valence-electron chi connectivity index (χ3n) is 2.59. The average molecular weight is 253 g/mol. The summed E-state index contributed by atoms with van der Waals surface area (Å²) in [6, 6.07) is 9.47. The summed E-state index contributed by atoms with van der Waals surface area (Å²) in [6.07, 6.45) is 0.554. The second kappa shape index (κ2) is 6.99. The monoisotopic (exact) mass is 253 g/mol. The zero-order valence-electron chi connectivity index (χ0n) is 10.9. The highest BCUT2D eigenvalue weighted by Gasteiger charge is 2.20. The van der Waals surface area contributed by atoms with Gasteiger partial charge in [0.25, 0.3) is 0 Å². The van der Waals surface area contributed by atoms with Gasteiger partial charge in [-0.25, -0.2) is 4.79 Å². The van der Waals surface area contributed by atoms with E-state index in [-0.39, 0.29) is 13.3 Å². The molecule has 0 aliphatic heterocycles. The Kier molecular flexibility index (Phi) is 5.62. The molecule has 0 aromatic heterocycles. The first kappa shape index (κ1) is 14.5. The quantitative estimate of drug-likeness (QED) is 0.843. The van der Waals surface area contributed by atoms with Gasteiger partial charge in [0.05, 0.1) is 6.67 Å². The van der Waals surface area contributed by atoms with Crippen LogP contribution in [0.2, 0.25) is 0 Å². The predicted octanol–water partition coefficient (Wildman–Crippen LogP) is 3.44. The Morgan fingerprint density at radius 3 is 2.61 bits per heavy atom. The number of carbonyl (C=O) groups is 1. The Bertz CT molecular complexity index is 365. The SMILES string of the molecule is CC(C)(CCCF)NC(=O)OCc1ccccc1. The minimum atomic E-state index is -0.470. The van der Waals surface area contributed by atoms with Gasteiger partial charge in [0.2, 0.25) is 0 Å². The lowest BCUT2D eigenvalue weighted by molar-refractivity contribution is 0.128. The molecule has 0 bridgehead atoms. The molecule has 0 radical (unpaired) electrons. The van der Waals surface area contributed by atoms with E-state index >= 15 is 0 Å². The third-order valence-corrected chi connectivity index (χ3v) is 2.59. The average Bonchev–Trinajstić information content (AvgIpc) is 2.35. The van der Waals surface area contributed by atoms with Crippen molar-refractivity contribution in [2.24, 2.45) is 0 Å². The lowest BCUT2D eigenvalue weighted by atomic mass is 9.99. The minimum Gasteiger partial charge on any atom is -0.445 e. The van der Waals surface area contributed by atoms with E-state index in [0.717, 1.165) is 5.56 Å². The number of alkyl halides is 1. The first-order valence-electron chi connectivity index (χ1n) is 6.08. The van der Waals surface area contributed by atoms with Gasteiger partial charge in [-0.05, 0) is 32.3 Å².